The molecular formula is C20H26N4S. The van der Waals surface area contributed by atoms with Crippen LogP contribution in [0.4, 0.5) is 11.5 Å². The first kappa shape index (κ1) is 16.7. The lowest BCUT2D eigenvalue weighted by atomic mass is 9.65. The van der Waals surface area contributed by atoms with Gasteiger partial charge in [-0.05, 0) is 42.2 Å². The number of nitrogens with two attached hydrogens (primary N) is 1. The van der Waals surface area contributed by atoms with Gasteiger partial charge < -0.3 is 10.6 Å². The van der Waals surface area contributed by atoms with Crippen LogP contribution in [0.1, 0.15) is 40.0 Å². The Bertz CT molecular complexity index is 777. The van der Waals surface area contributed by atoms with Crippen molar-refractivity contribution in [3.63, 3.8) is 0 Å². The van der Waals surface area contributed by atoms with Crippen LogP contribution in [0, 0.1) is 10.8 Å². The number of hydrogen-bond donors (Lipinski definition) is 1. The number of nitrogen functional groups attached to an aromatic ring is 1. The summed E-state index contributed by atoms with van der Waals surface area (Å²) in [5.41, 5.74) is 7.97. The van der Waals surface area contributed by atoms with Crippen LogP contribution in [-0.2, 0) is 0 Å². The number of benzene rings is 1. The first-order valence-electron chi connectivity index (χ1n) is 8.95. The number of nitrogens with zero attached hydrogens (tertiary/aromatic N) is 3. The van der Waals surface area contributed by atoms with Crippen molar-refractivity contribution >= 4 is 23.3 Å². The van der Waals surface area contributed by atoms with Crippen LogP contribution in [0.3, 0.4) is 0 Å². The molecule has 4 nitrogen and oxygen atoms in total. The summed E-state index contributed by atoms with van der Waals surface area (Å²) >= 11 is 1.61. The number of fused-ring (bicyclic) bond motifs is 2. The fourth-order valence-electron chi connectivity index (χ4n) is 4.99. The third kappa shape index (κ3) is 3.22. The topological polar surface area (TPSA) is 55.0 Å². The van der Waals surface area contributed by atoms with E-state index >= 15 is 0 Å². The zero-order chi connectivity index (χ0) is 17.7. The number of hydrogen-bond acceptors (Lipinski definition) is 5. The van der Waals surface area contributed by atoms with E-state index < -0.39 is 0 Å². The molecule has 25 heavy (non-hydrogen) atoms. The van der Waals surface area contributed by atoms with E-state index in [0.29, 0.717) is 22.6 Å². The van der Waals surface area contributed by atoms with E-state index in [1.54, 1.807) is 18.1 Å². The van der Waals surface area contributed by atoms with Crippen molar-refractivity contribution < 1.29 is 0 Å². The summed E-state index contributed by atoms with van der Waals surface area (Å²) in [7, 11) is 0. The van der Waals surface area contributed by atoms with E-state index in [0.717, 1.165) is 22.3 Å². The second kappa shape index (κ2) is 5.90. The molecule has 2 aliphatic rings. The second-order valence-corrected chi connectivity index (χ2v) is 9.74. The van der Waals surface area contributed by atoms with Gasteiger partial charge in [0.15, 0.2) is 5.82 Å². The van der Waals surface area contributed by atoms with Crippen LogP contribution < -0.4 is 10.6 Å². The zero-order valence-electron chi connectivity index (χ0n) is 15.2. The number of anilines is 2. The van der Waals surface area contributed by atoms with E-state index in [-0.39, 0.29) is 0 Å². The standard InChI is InChI=1S/C20H26N4S/c1-19(2)9-14-10-20(3,11-19)12-24(14)17-16(21)18(23-13-22-17)25-15-7-5-4-6-8-15/h4-8,13-14H,9-12,21H2,1-3H3. The molecule has 1 aromatic carbocycles. The molecule has 0 spiro atoms. The highest BCUT2D eigenvalue weighted by Gasteiger charge is 2.50. The van der Waals surface area contributed by atoms with Crippen LogP contribution in [0.5, 0.6) is 0 Å². The molecule has 1 aromatic heterocycles. The van der Waals surface area contributed by atoms with E-state index in [4.69, 9.17) is 5.73 Å². The van der Waals surface area contributed by atoms with Crippen molar-refractivity contribution in [2.24, 2.45) is 10.8 Å². The quantitative estimate of drug-likeness (QED) is 0.815. The second-order valence-electron chi connectivity index (χ2n) is 8.67. The average Bonchev–Trinajstić information content (AvgIpc) is 2.79. The van der Waals surface area contributed by atoms with E-state index in [2.05, 4.69) is 47.8 Å². The van der Waals surface area contributed by atoms with E-state index in [9.17, 15) is 0 Å². The molecule has 0 amide bonds. The minimum absolute atomic E-state index is 0.358. The highest BCUT2D eigenvalue weighted by atomic mass is 32.2. The lowest BCUT2D eigenvalue weighted by Crippen LogP contribution is -2.35. The Morgan fingerprint density at radius 3 is 2.64 bits per heavy atom. The van der Waals surface area contributed by atoms with Crippen LogP contribution in [0.15, 0.2) is 46.6 Å². The van der Waals surface area contributed by atoms with E-state index in [1.165, 1.54) is 19.3 Å². The van der Waals surface area contributed by atoms with Gasteiger partial charge in [0.1, 0.15) is 17.0 Å². The van der Waals surface area contributed by atoms with Crippen LogP contribution >= 0.6 is 11.8 Å². The maximum absolute atomic E-state index is 6.52. The average molecular weight is 355 g/mol. The van der Waals surface area contributed by atoms with Crippen molar-refractivity contribution in [1.82, 2.24) is 9.97 Å². The highest BCUT2D eigenvalue weighted by molar-refractivity contribution is 7.99. The summed E-state index contributed by atoms with van der Waals surface area (Å²) in [6.07, 6.45) is 5.37. The minimum atomic E-state index is 0.358. The van der Waals surface area contributed by atoms with Gasteiger partial charge in [-0.3, -0.25) is 0 Å². The molecule has 2 unspecified atom stereocenters. The summed E-state index contributed by atoms with van der Waals surface area (Å²) in [6.45, 7) is 8.23. The Balaban J connectivity index is 1.65. The van der Waals surface area contributed by atoms with Gasteiger partial charge in [0, 0.05) is 17.5 Å². The molecule has 2 atom stereocenters. The molecule has 4 rings (SSSR count). The molecular weight excluding hydrogens is 328 g/mol. The largest absolute Gasteiger partial charge is 0.394 e. The predicted octanol–water partition coefficient (Wildman–Crippen LogP) is 4.62. The molecule has 1 saturated heterocycles. The first-order valence-corrected chi connectivity index (χ1v) is 9.77. The molecule has 1 saturated carbocycles. The smallest absolute Gasteiger partial charge is 0.156 e. The monoisotopic (exact) mass is 354 g/mol. The molecule has 2 aromatic rings. The normalized spacial score (nSPS) is 27.5. The molecule has 1 aliphatic carbocycles. The Hall–Kier alpha value is -1.75. The maximum atomic E-state index is 6.52. The molecule has 1 aliphatic heterocycles. The fraction of sp³-hybridized carbons (Fsp3) is 0.500. The Kier molecular flexibility index (Phi) is 3.95. The summed E-state index contributed by atoms with van der Waals surface area (Å²) < 4.78 is 0. The van der Waals surface area contributed by atoms with Gasteiger partial charge in [-0.2, -0.15) is 0 Å². The molecule has 2 bridgehead atoms. The van der Waals surface area contributed by atoms with Gasteiger partial charge in [-0.1, -0.05) is 50.7 Å². The summed E-state index contributed by atoms with van der Waals surface area (Å²) in [5.74, 6) is 0.917. The molecule has 2 fully saturated rings. The summed E-state index contributed by atoms with van der Waals surface area (Å²) in [5, 5.41) is 0.849. The lowest BCUT2D eigenvalue weighted by molar-refractivity contribution is 0.136. The zero-order valence-corrected chi connectivity index (χ0v) is 16.0. The summed E-state index contributed by atoms with van der Waals surface area (Å²) in [4.78, 5) is 12.6. The molecule has 0 radical (unpaired) electrons. The van der Waals surface area contributed by atoms with Crippen molar-refractivity contribution in [2.45, 2.75) is 56.0 Å². The lowest BCUT2D eigenvalue weighted by Gasteiger charge is -2.39. The van der Waals surface area contributed by atoms with Gasteiger partial charge in [-0.15, -0.1) is 0 Å². The van der Waals surface area contributed by atoms with Crippen LogP contribution in [0.25, 0.3) is 0 Å². The van der Waals surface area contributed by atoms with Crippen molar-refractivity contribution in [1.29, 1.82) is 0 Å². The van der Waals surface area contributed by atoms with Crippen LogP contribution in [0.2, 0.25) is 0 Å². The molecule has 2 N–H and O–H groups in total. The van der Waals surface area contributed by atoms with Gasteiger partial charge in [0.05, 0.1) is 0 Å². The Morgan fingerprint density at radius 2 is 1.88 bits per heavy atom. The first-order chi connectivity index (χ1) is 11.9. The summed E-state index contributed by atoms with van der Waals surface area (Å²) in [6, 6.07) is 10.8. The number of rotatable bonds is 3. The third-order valence-corrected chi connectivity index (χ3v) is 6.50. The van der Waals surface area contributed by atoms with Crippen molar-refractivity contribution in [3.8, 4) is 0 Å². The van der Waals surface area contributed by atoms with E-state index in [1.807, 2.05) is 18.2 Å². The Labute approximate surface area is 154 Å². The van der Waals surface area contributed by atoms with Crippen molar-refractivity contribution in [2.75, 3.05) is 17.2 Å². The van der Waals surface area contributed by atoms with Gasteiger partial charge in [0.2, 0.25) is 0 Å². The molecule has 2 heterocycles. The molecule has 132 valence electrons. The van der Waals surface area contributed by atoms with Gasteiger partial charge >= 0.3 is 0 Å². The SMILES string of the molecule is CC1(C)CC2CC(C)(CN2c2ncnc(Sc3ccccc3)c2N)C1. The third-order valence-electron chi connectivity index (χ3n) is 5.47. The Morgan fingerprint density at radius 1 is 1.12 bits per heavy atom. The van der Waals surface area contributed by atoms with Gasteiger partial charge in [0.25, 0.3) is 0 Å². The highest BCUT2D eigenvalue weighted by Crippen LogP contribution is 2.54. The minimum Gasteiger partial charge on any atom is -0.394 e. The van der Waals surface area contributed by atoms with Crippen LogP contribution in [-0.4, -0.2) is 22.6 Å². The molecule has 5 heteroatoms. The maximum Gasteiger partial charge on any atom is 0.156 e. The van der Waals surface area contributed by atoms with Gasteiger partial charge in [-0.25, -0.2) is 9.97 Å². The van der Waals surface area contributed by atoms with Crippen molar-refractivity contribution in [3.05, 3.63) is 36.7 Å². The number of aromatic nitrogens is 2. The fourth-order valence-corrected chi connectivity index (χ4v) is 5.81. The predicted molar refractivity (Wildman–Crippen MR) is 104 cm³/mol.